The second kappa shape index (κ2) is 19.7. The van der Waals surface area contributed by atoms with Crippen molar-refractivity contribution < 1.29 is 28.6 Å². The molecule has 288 valence electrons. The van der Waals surface area contributed by atoms with Gasteiger partial charge in [-0.15, -0.1) is 0 Å². The van der Waals surface area contributed by atoms with Gasteiger partial charge in [0.25, 0.3) is 0 Å². The van der Waals surface area contributed by atoms with Gasteiger partial charge in [-0.3, -0.25) is 14.4 Å². The molecular weight excluding hydrogens is 679 g/mol. The zero-order valence-electron chi connectivity index (χ0n) is 33.2. The highest BCUT2D eigenvalue weighted by Crippen LogP contribution is 2.36. The first-order valence-electron chi connectivity index (χ1n) is 18.9. The number of nitrogen functional groups attached to an aromatic ring is 1. The average Bonchev–Trinajstić information content (AvgIpc) is 3.14. The number of ether oxygens (including phenoxy) is 3. The summed E-state index contributed by atoms with van der Waals surface area (Å²) in [5.41, 5.74) is 13.8. The molecule has 0 saturated heterocycles. The van der Waals surface area contributed by atoms with Crippen LogP contribution in [0.1, 0.15) is 109 Å². The van der Waals surface area contributed by atoms with E-state index in [0.29, 0.717) is 70.2 Å². The van der Waals surface area contributed by atoms with Gasteiger partial charge < -0.3 is 30.6 Å². The van der Waals surface area contributed by atoms with Crippen LogP contribution < -0.4 is 30.6 Å². The molecule has 0 aliphatic rings. The lowest BCUT2D eigenvalue weighted by molar-refractivity contribution is -0.116. The van der Waals surface area contributed by atoms with Gasteiger partial charge in [0.05, 0.1) is 7.11 Å². The van der Waals surface area contributed by atoms with Crippen LogP contribution in [0.3, 0.4) is 0 Å². The predicted molar refractivity (Wildman–Crippen MR) is 218 cm³/mol. The lowest BCUT2D eigenvalue weighted by Gasteiger charge is -2.26. The van der Waals surface area contributed by atoms with E-state index in [-0.39, 0.29) is 30.7 Å². The number of hydrogen-bond donors (Lipinski definition) is 3. The van der Waals surface area contributed by atoms with Crippen LogP contribution in [0.2, 0.25) is 0 Å². The predicted octanol–water partition coefficient (Wildman–Crippen LogP) is 9.90. The maximum absolute atomic E-state index is 12.9. The standard InChI is InChI=1S/C45H57N3O6/c1-9-11-16-45(51)48-37-19-33(26-53-42-23-40(46)38(31(6)49)17-30(42)5)18-34(20-37)27-54-44-24-41(39(32(7)50)22-43(44)52-8)47-25-36(28(3)10-2)21-35-15-13-12-14-29(35)4/h12-15,17-20,22-24,28,36,47H,9-11,16,21,25-27,46H2,1-8H3,(H,48,51). The Labute approximate surface area is 321 Å². The van der Waals surface area contributed by atoms with Crippen molar-refractivity contribution in [1.29, 1.82) is 0 Å². The van der Waals surface area contributed by atoms with E-state index in [1.54, 1.807) is 32.2 Å². The van der Waals surface area contributed by atoms with E-state index in [9.17, 15) is 14.4 Å². The maximum Gasteiger partial charge on any atom is 0.224 e. The topological polar surface area (TPSA) is 129 Å². The molecule has 9 nitrogen and oxygen atoms in total. The first-order valence-corrected chi connectivity index (χ1v) is 18.9. The molecule has 0 aromatic heterocycles. The molecule has 0 saturated carbocycles. The minimum atomic E-state index is -0.109. The van der Waals surface area contributed by atoms with Crippen LogP contribution in [0.25, 0.3) is 0 Å². The van der Waals surface area contributed by atoms with Gasteiger partial charge in [-0.1, -0.05) is 57.9 Å². The third-order valence-electron chi connectivity index (χ3n) is 10.0. The van der Waals surface area contributed by atoms with Crippen molar-refractivity contribution in [3.05, 3.63) is 106 Å². The molecule has 0 bridgehead atoms. The molecule has 0 aliphatic heterocycles. The first-order chi connectivity index (χ1) is 25.8. The van der Waals surface area contributed by atoms with Gasteiger partial charge in [0, 0.05) is 53.3 Å². The molecule has 0 heterocycles. The van der Waals surface area contributed by atoms with E-state index in [4.69, 9.17) is 19.9 Å². The number of rotatable bonds is 20. The first kappa shape index (κ1) is 41.4. The molecule has 54 heavy (non-hydrogen) atoms. The molecule has 4 rings (SSSR count). The molecule has 0 aliphatic carbocycles. The molecule has 4 aromatic rings. The molecule has 9 heteroatoms. The van der Waals surface area contributed by atoms with Crippen molar-refractivity contribution in [2.24, 2.45) is 11.8 Å². The number of benzene rings is 4. The highest BCUT2D eigenvalue weighted by Gasteiger charge is 2.21. The Kier molecular flexibility index (Phi) is 15.1. The van der Waals surface area contributed by atoms with E-state index in [1.807, 2.05) is 38.1 Å². The number of ketones is 2. The number of aryl methyl sites for hydroxylation is 2. The Morgan fingerprint density at radius 2 is 1.46 bits per heavy atom. The number of amides is 1. The Hall–Kier alpha value is -5.31. The van der Waals surface area contributed by atoms with E-state index in [2.05, 4.69) is 55.7 Å². The number of methoxy groups -OCH3 is 1. The second-order valence-electron chi connectivity index (χ2n) is 14.3. The number of nitrogens with two attached hydrogens (primary N) is 1. The van der Waals surface area contributed by atoms with Crippen molar-refractivity contribution in [2.75, 3.05) is 30.0 Å². The molecule has 1 amide bonds. The molecule has 0 spiro atoms. The third kappa shape index (κ3) is 11.3. The summed E-state index contributed by atoms with van der Waals surface area (Å²) in [6.07, 6.45) is 4.09. The summed E-state index contributed by atoms with van der Waals surface area (Å²) >= 11 is 0. The van der Waals surface area contributed by atoms with Crippen LogP contribution in [0.5, 0.6) is 17.2 Å². The molecule has 2 atom stereocenters. The molecule has 4 aromatic carbocycles. The van der Waals surface area contributed by atoms with E-state index in [1.165, 1.54) is 18.1 Å². The fourth-order valence-electron chi connectivity index (χ4n) is 6.49. The van der Waals surface area contributed by atoms with Crippen LogP contribution in [0.15, 0.2) is 66.7 Å². The monoisotopic (exact) mass is 735 g/mol. The zero-order valence-corrected chi connectivity index (χ0v) is 33.2. The van der Waals surface area contributed by atoms with Gasteiger partial charge in [-0.25, -0.2) is 0 Å². The van der Waals surface area contributed by atoms with Crippen LogP contribution in [0, 0.1) is 25.7 Å². The van der Waals surface area contributed by atoms with Gasteiger partial charge in [-0.2, -0.15) is 0 Å². The lowest BCUT2D eigenvalue weighted by Crippen LogP contribution is -2.24. The highest BCUT2D eigenvalue weighted by atomic mass is 16.5. The fourth-order valence-corrected chi connectivity index (χ4v) is 6.49. The Bertz CT molecular complexity index is 1940. The quantitative estimate of drug-likeness (QED) is 0.0605. The number of anilines is 3. The highest BCUT2D eigenvalue weighted by molar-refractivity contribution is 6.01. The summed E-state index contributed by atoms with van der Waals surface area (Å²) in [4.78, 5) is 37.6. The molecule has 2 unspecified atom stereocenters. The lowest BCUT2D eigenvalue weighted by atomic mass is 9.85. The Morgan fingerprint density at radius 1 is 0.796 bits per heavy atom. The smallest absolute Gasteiger partial charge is 0.224 e. The average molecular weight is 736 g/mol. The number of hydrogen-bond acceptors (Lipinski definition) is 8. The van der Waals surface area contributed by atoms with Crippen molar-refractivity contribution in [3.63, 3.8) is 0 Å². The van der Waals surface area contributed by atoms with E-state index in [0.717, 1.165) is 42.4 Å². The summed E-state index contributed by atoms with van der Waals surface area (Å²) in [5, 5.41) is 6.63. The number of carbonyl (C=O) groups excluding carboxylic acids is 3. The summed E-state index contributed by atoms with van der Waals surface area (Å²) in [5.74, 6) is 2.03. The fraction of sp³-hybridized carbons (Fsp3) is 0.400. The van der Waals surface area contributed by atoms with Gasteiger partial charge in [-0.05, 0) is 111 Å². The number of carbonyl (C=O) groups is 3. The van der Waals surface area contributed by atoms with Crippen molar-refractivity contribution in [1.82, 2.24) is 0 Å². The second-order valence-corrected chi connectivity index (χ2v) is 14.3. The van der Waals surface area contributed by atoms with Gasteiger partial charge in [0.1, 0.15) is 19.0 Å². The maximum atomic E-state index is 12.9. The Balaban J connectivity index is 1.60. The number of unbranched alkanes of at least 4 members (excludes halogenated alkanes) is 1. The van der Waals surface area contributed by atoms with Gasteiger partial charge >= 0.3 is 0 Å². The van der Waals surface area contributed by atoms with Crippen LogP contribution >= 0.6 is 0 Å². The van der Waals surface area contributed by atoms with Crippen molar-refractivity contribution in [2.45, 2.75) is 93.8 Å². The van der Waals surface area contributed by atoms with E-state index >= 15 is 0 Å². The minimum Gasteiger partial charge on any atom is -0.493 e. The van der Waals surface area contributed by atoms with Gasteiger partial charge in [0.15, 0.2) is 23.1 Å². The third-order valence-corrected chi connectivity index (χ3v) is 10.0. The minimum absolute atomic E-state index is 0.0689. The molecule has 0 radical (unpaired) electrons. The largest absolute Gasteiger partial charge is 0.493 e. The van der Waals surface area contributed by atoms with Crippen LogP contribution in [0.4, 0.5) is 17.1 Å². The summed E-state index contributed by atoms with van der Waals surface area (Å²) in [7, 11) is 1.56. The van der Waals surface area contributed by atoms with Crippen molar-refractivity contribution >= 4 is 34.5 Å². The zero-order chi connectivity index (χ0) is 39.4. The molecule has 4 N–H and O–H groups in total. The van der Waals surface area contributed by atoms with E-state index < -0.39 is 0 Å². The summed E-state index contributed by atoms with van der Waals surface area (Å²) in [6.45, 7) is 14.6. The Morgan fingerprint density at radius 3 is 2.07 bits per heavy atom. The summed E-state index contributed by atoms with van der Waals surface area (Å²) < 4.78 is 18.3. The summed E-state index contributed by atoms with van der Waals surface area (Å²) in [6, 6.07) is 21.2. The SMILES string of the molecule is CCCCC(=O)Nc1cc(COc2cc(N)c(C(C)=O)cc2C)cc(COc2cc(NCC(Cc3ccccc3C)C(C)CC)c(C(C)=O)cc2OC)c1. The number of nitrogens with one attached hydrogen (secondary N) is 2. The molecular formula is C45H57N3O6. The normalized spacial score (nSPS) is 12.1. The van der Waals surface area contributed by atoms with Gasteiger partial charge in [0.2, 0.25) is 5.91 Å². The van der Waals surface area contributed by atoms with Crippen LogP contribution in [-0.2, 0) is 24.4 Å². The van der Waals surface area contributed by atoms with Crippen LogP contribution in [-0.4, -0.2) is 31.1 Å². The van der Waals surface area contributed by atoms with Crippen molar-refractivity contribution in [3.8, 4) is 17.2 Å². The number of Topliss-reactive ketones (excluding diaryl/α,β-unsaturated/α-hetero) is 2. The molecule has 0 fully saturated rings.